The van der Waals surface area contributed by atoms with E-state index < -0.39 is 0 Å². The van der Waals surface area contributed by atoms with Gasteiger partial charge in [-0.05, 0) is 24.7 Å². The number of likely N-dealkylation sites (N-methyl/N-ethyl adjacent to an activating group) is 1. The number of aromatic hydroxyl groups is 1. The number of phenolic OH excluding ortho intramolecular Hbond substituents is 1. The highest BCUT2D eigenvalue weighted by Gasteiger charge is 2.21. The fourth-order valence-electron chi connectivity index (χ4n) is 1.65. The summed E-state index contributed by atoms with van der Waals surface area (Å²) in [5.74, 6) is 0.147. The summed E-state index contributed by atoms with van der Waals surface area (Å²) in [6.07, 6.45) is 0. The number of rotatable bonds is 3. The quantitative estimate of drug-likeness (QED) is 0.819. The smallest absolute Gasteiger partial charge is 0.134 e. The lowest BCUT2D eigenvalue weighted by molar-refractivity contribution is 0.173. The molecule has 2 rings (SSSR count). The molecular weight excluding hydrogens is 212 g/mol. The SMILES string of the molecule is CN(Cc1ccc(O)c(Cl)c1)C1CNC1. The van der Waals surface area contributed by atoms with Gasteiger partial charge in [0.15, 0.2) is 0 Å². The molecule has 0 spiro atoms. The van der Waals surface area contributed by atoms with E-state index in [4.69, 9.17) is 11.6 Å². The van der Waals surface area contributed by atoms with E-state index in [-0.39, 0.29) is 5.75 Å². The Balaban J connectivity index is 2.00. The largest absolute Gasteiger partial charge is 0.506 e. The molecule has 3 nitrogen and oxygen atoms in total. The van der Waals surface area contributed by atoms with Crippen LogP contribution in [0.1, 0.15) is 5.56 Å². The predicted molar refractivity (Wildman–Crippen MR) is 61.2 cm³/mol. The maximum Gasteiger partial charge on any atom is 0.134 e. The van der Waals surface area contributed by atoms with Gasteiger partial charge >= 0.3 is 0 Å². The van der Waals surface area contributed by atoms with Crippen molar-refractivity contribution in [3.8, 4) is 5.75 Å². The Morgan fingerprint density at radius 2 is 2.27 bits per heavy atom. The molecule has 1 fully saturated rings. The van der Waals surface area contributed by atoms with Crippen LogP contribution in [-0.4, -0.2) is 36.2 Å². The minimum absolute atomic E-state index is 0.147. The molecule has 0 atom stereocenters. The van der Waals surface area contributed by atoms with Gasteiger partial charge < -0.3 is 10.4 Å². The van der Waals surface area contributed by atoms with Crippen LogP contribution in [0.4, 0.5) is 0 Å². The van der Waals surface area contributed by atoms with Gasteiger partial charge in [-0.25, -0.2) is 0 Å². The molecular formula is C11H15ClN2O. The van der Waals surface area contributed by atoms with Gasteiger partial charge in [0, 0.05) is 25.7 Å². The molecule has 1 aromatic rings. The minimum Gasteiger partial charge on any atom is -0.506 e. The van der Waals surface area contributed by atoms with Crippen molar-refractivity contribution in [2.75, 3.05) is 20.1 Å². The zero-order chi connectivity index (χ0) is 10.8. The molecule has 1 saturated heterocycles. The molecule has 2 N–H and O–H groups in total. The molecule has 4 heteroatoms. The average Bonchev–Trinajstić information content (AvgIpc) is 2.08. The van der Waals surface area contributed by atoms with Crippen LogP contribution in [0.3, 0.4) is 0 Å². The number of hydrogen-bond donors (Lipinski definition) is 2. The lowest BCUT2D eigenvalue weighted by Crippen LogP contribution is -2.55. The zero-order valence-electron chi connectivity index (χ0n) is 8.70. The average molecular weight is 227 g/mol. The molecule has 82 valence electrons. The predicted octanol–water partition coefficient (Wildman–Crippen LogP) is 1.45. The highest BCUT2D eigenvalue weighted by Crippen LogP contribution is 2.24. The summed E-state index contributed by atoms with van der Waals surface area (Å²) in [7, 11) is 2.10. The van der Waals surface area contributed by atoms with Crippen molar-refractivity contribution in [2.45, 2.75) is 12.6 Å². The number of nitrogens with one attached hydrogen (secondary N) is 1. The lowest BCUT2D eigenvalue weighted by Gasteiger charge is -2.35. The fourth-order valence-corrected chi connectivity index (χ4v) is 1.85. The third-order valence-electron chi connectivity index (χ3n) is 2.83. The first-order chi connectivity index (χ1) is 7.16. The first kappa shape index (κ1) is 10.7. The summed E-state index contributed by atoms with van der Waals surface area (Å²) in [5.41, 5.74) is 1.13. The van der Waals surface area contributed by atoms with Crippen LogP contribution in [0.2, 0.25) is 5.02 Å². The molecule has 0 radical (unpaired) electrons. The normalized spacial score (nSPS) is 16.7. The molecule has 1 aliphatic rings. The van der Waals surface area contributed by atoms with Crippen LogP contribution < -0.4 is 5.32 Å². The number of hydrogen-bond acceptors (Lipinski definition) is 3. The molecule has 1 aliphatic heterocycles. The van der Waals surface area contributed by atoms with Crippen LogP contribution in [0.25, 0.3) is 0 Å². The van der Waals surface area contributed by atoms with Crippen LogP contribution in [-0.2, 0) is 6.54 Å². The summed E-state index contributed by atoms with van der Waals surface area (Å²) in [6, 6.07) is 5.99. The summed E-state index contributed by atoms with van der Waals surface area (Å²) in [6.45, 7) is 2.98. The van der Waals surface area contributed by atoms with E-state index in [1.54, 1.807) is 6.07 Å². The number of benzene rings is 1. The van der Waals surface area contributed by atoms with Gasteiger partial charge in [0.1, 0.15) is 5.75 Å². The van der Waals surface area contributed by atoms with Gasteiger partial charge in [-0.15, -0.1) is 0 Å². The molecule has 1 heterocycles. The third-order valence-corrected chi connectivity index (χ3v) is 3.13. The van der Waals surface area contributed by atoms with E-state index >= 15 is 0 Å². The monoisotopic (exact) mass is 226 g/mol. The molecule has 0 saturated carbocycles. The topological polar surface area (TPSA) is 35.5 Å². The molecule has 1 aromatic carbocycles. The highest BCUT2D eigenvalue weighted by atomic mass is 35.5. The summed E-state index contributed by atoms with van der Waals surface area (Å²) < 4.78 is 0. The van der Waals surface area contributed by atoms with E-state index in [0.717, 1.165) is 25.2 Å². The second kappa shape index (κ2) is 4.39. The van der Waals surface area contributed by atoms with Gasteiger partial charge in [-0.1, -0.05) is 17.7 Å². The van der Waals surface area contributed by atoms with E-state index in [9.17, 15) is 5.11 Å². The van der Waals surface area contributed by atoms with Crippen LogP contribution >= 0.6 is 11.6 Å². The maximum atomic E-state index is 9.29. The Morgan fingerprint density at radius 1 is 1.53 bits per heavy atom. The van der Waals surface area contributed by atoms with Crippen molar-refractivity contribution in [3.05, 3.63) is 28.8 Å². The molecule has 0 aliphatic carbocycles. The fraction of sp³-hybridized carbons (Fsp3) is 0.455. The van der Waals surface area contributed by atoms with Gasteiger partial charge in [-0.3, -0.25) is 4.90 Å². The first-order valence-corrected chi connectivity index (χ1v) is 5.43. The number of halogens is 1. The standard InChI is InChI=1S/C11H15ClN2O/c1-14(9-5-13-6-9)7-8-2-3-11(15)10(12)4-8/h2-4,9,13,15H,5-7H2,1H3. The van der Waals surface area contributed by atoms with E-state index in [1.807, 2.05) is 12.1 Å². The maximum absolute atomic E-state index is 9.29. The molecule has 0 aromatic heterocycles. The van der Waals surface area contributed by atoms with Crippen LogP contribution in [0.15, 0.2) is 18.2 Å². The second-order valence-corrected chi connectivity index (χ2v) is 4.42. The lowest BCUT2D eigenvalue weighted by atomic mass is 10.1. The van der Waals surface area contributed by atoms with E-state index in [2.05, 4.69) is 17.3 Å². The second-order valence-electron chi connectivity index (χ2n) is 4.01. The molecule has 0 unspecified atom stereocenters. The van der Waals surface area contributed by atoms with Crippen molar-refractivity contribution in [2.24, 2.45) is 0 Å². The molecule has 0 bridgehead atoms. The Labute approximate surface area is 94.7 Å². The van der Waals surface area contributed by atoms with Crippen molar-refractivity contribution in [1.82, 2.24) is 10.2 Å². The van der Waals surface area contributed by atoms with Gasteiger partial charge in [0.2, 0.25) is 0 Å². The number of phenols is 1. The van der Waals surface area contributed by atoms with Crippen LogP contribution in [0, 0.1) is 0 Å². The number of nitrogens with zero attached hydrogens (tertiary/aromatic N) is 1. The minimum atomic E-state index is 0.147. The highest BCUT2D eigenvalue weighted by molar-refractivity contribution is 6.32. The Hall–Kier alpha value is -0.770. The Kier molecular flexibility index (Phi) is 3.14. The summed E-state index contributed by atoms with van der Waals surface area (Å²) in [5, 5.41) is 13.0. The van der Waals surface area contributed by atoms with Gasteiger partial charge in [0.05, 0.1) is 5.02 Å². The Bertz CT molecular complexity index is 352. The van der Waals surface area contributed by atoms with Gasteiger partial charge in [-0.2, -0.15) is 0 Å². The first-order valence-electron chi connectivity index (χ1n) is 5.05. The summed E-state index contributed by atoms with van der Waals surface area (Å²) >= 11 is 5.84. The van der Waals surface area contributed by atoms with E-state index in [0.29, 0.717) is 11.1 Å². The van der Waals surface area contributed by atoms with Gasteiger partial charge in [0.25, 0.3) is 0 Å². The van der Waals surface area contributed by atoms with Crippen molar-refractivity contribution >= 4 is 11.6 Å². The van der Waals surface area contributed by atoms with Crippen molar-refractivity contribution < 1.29 is 5.11 Å². The zero-order valence-corrected chi connectivity index (χ0v) is 9.46. The van der Waals surface area contributed by atoms with Crippen molar-refractivity contribution in [3.63, 3.8) is 0 Å². The third kappa shape index (κ3) is 2.43. The van der Waals surface area contributed by atoms with E-state index in [1.165, 1.54) is 0 Å². The molecule has 0 amide bonds. The van der Waals surface area contributed by atoms with Crippen molar-refractivity contribution in [1.29, 1.82) is 0 Å². The molecule has 15 heavy (non-hydrogen) atoms. The summed E-state index contributed by atoms with van der Waals surface area (Å²) in [4.78, 5) is 2.29. The van der Waals surface area contributed by atoms with Crippen LogP contribution in [0.5, 0.6) is 5.75 Å². The Morgan fingerprint density at radius 3 is 2.80 bits per heavy atom.